The third-order valence-electron chi connectivity index (χ3n) is 2.48. The van der Waals surface area contributed by atoms with Crippen molar-refractivity contribution in [2.45, 2.75) is 0 Å². The third kappa shape index (κ3) is 2.71. The molecule has 0 saturated heterocycles. The van der Waals surface area contributed by atoms with Crippen molar-refractivity contribution in [2.24, 2.45) is 0 Å². The van der Waals surface area contributed by atoms with E-state index >= 15 is 0 Å². The van der Waals surface area contributed by atoms with Crippen LogP contribution in [0.4, 0.5) is 17.1 Å². The molecule has 3 N–H and O–H groups in total. The second-order valence-corrected chi connectivity index (χ2v) is 4.88. The number of benzene rings is 2. The summed E-state index contributed by atoms with van der Waals surface area (Å²) in [5, 5.41) is 3.86. The second-order valence-electron chi connectivity index (χ2n) is 3.68. The van der Waals surface area contributed by atoms with Gasteiger partial charge in [-0.05, 0) is 40.2 Å². The maximum Gasteiger partial charge on any atom is 0.121 e. The van der Waals surface area contributed by atoms with Gasteiger partial charge in [-0.15, -0.1) is 0 Å². The van der Waals surface area contributed by atoms with Crippen molar-refractivity contribution in [3.05, 3.63) is 45.9 Å². The Morgan fingerprint density at radius 2 is 2.00 bits per heavy atom. The third-order valence-corrected chi connectivity index (χ3v) is 3.88. The van der Waals surface area contributed by atoms with E-state index in [0.29, 0.717) is 10.7 Å². The number of methoxy groups -OCH3 is 1. The number of ether oxygens (including phenoxy) is 1. The lowest BCUT2D eigenvalue weighted by Crippen LogP contribution is -1.97. The molecule has 5 heteroatoms. The van der Waals surface area contributed by atoms with E-state index in [1.165, 1.54) is 0 Å². The minimum Gasteiger partial charge on any atom is -0.497 e. The first-order valence-electron chi connectivity index (χ1n) is 5.26. The van der Waals surface area contributed by atoms with Gasteiger partial charge in [0.15, 0.2) is 0 Å². The molecule has 0 bridgehead atoms. The molecule has 0 aliphatic heterocycles. The SMILES string of the molecule is COc1ccc(N)c(Nc2cccc(Cl)c2Br)c1. The van der Waals surface area contributed by atoms with Crippen LogP contribution in [0.5, 0.6) is 5.75 Å². The van der Waals surface area contributed by atoms with Crippen LogP contribution in [0.3, 0.4) is 0 Å². The van der Waals surface area contributed by atoms with Crippen molar-refractivity contribution in [1.82, 2.24) is 0 Å². The summed E-state index contributed by atoms with van der Waals surface area (Å²) >= 11 is 9.47. The van der Waals surface area contributed by atoms with Gasteiger partial charge >= 0.3 is 0 Å². The molecule has 0 aromatic heterocycles. The Bertz CT molecular complexity index is 575. The van der Waals surface area contributed by atoms with Crippen LogP contribution >= 0.6 is 27.5 Å². The molecule has 94 valence electrons. The lowest BCUT2D eigenvalue weighted by atomic mass is 10.2. The molecule has 0 spiro atoms. The molecule has 18 heavy (non-hydrogen) atoms. The van der Waals surface area contributed by atoms with Gasteiger partial charge in [0.2, 0.25) is 0 Å². The van der Waals surface area contributed by atoms with E-state index in [9.17, 15) is 0 Å². The normalized spacial score (nSPS) is 10.2. The molecule has 0 aliphatic rings. The number of hydrogen-bond acceptors (Lipinski definition) is 3. The Hall–Kier alpha value is -1.39. The molecule has 2 aromatic rings. The molecule has 2 rings (SSSR count). The van der Waals surface area contributed by atoms with E-state index in [1.54, 1.807) is 13.2 Å². The van der Waals surface area contributed by atoms with Gasteiger partial charge in [0.05, 0.1) is 33.7 Å². The minimum absolute atomic E-state index is 0.640. The van der Waals surface area contributed by atoms with E-state index in [4.69, 9.17) is 22.1 Å². The highest BCUT2D eigenvalue weighted by atomic mass is 79.9. The van der Waals surface area contributed by atoms with Gasteiger partial charge in [-0.2, -0.15) is 0 Å². The van der Waals surface area contributed by atoms with Crippen LogP contribution in [0, 0.1) is 0 Å². The number of nitrogen functional groups attached to an aromatic ring is 1. The topological polar surface area (TPSA) is 47.3 Å². The Morgan fingerprint density at radius 3 is 2.72 bits per heavy atom. The molecule has 0 unspecified atom stereocenters. The summed E-state index contributed by atoms with van der Waals surface area (Å²) in [6.07, 6.45) is 0. The van der Waals surface area contributed by atoms with E-state index < -0.39 is 0 Å². The molecule has 0 heterocycles. The monoisotopic (exact) mass is 326 g/mol. The van der Waals surface area contributed by atoms with Crippen LogP contribution < -0.4 is 15.8 Å². The van der Waals surface area contributed by atoms with Crippen LogP contribution in [0.25, 0.3) is 0 Å². The molecular formula is C13H12BrClN2O. The average molecular weight is 328 g/mol. The van der Waals surface area contributed by atoms with Crippen LogP contribution in [-0.4, -0.2) is 7.11 Å². The van der Waals surface area contributed by atoms with E-state index in [1.807, 2.05) is 30.3 Å². The Morgan fingerprint density at radius 1 is 1.22 bits per heavy atom. The van der Waals surface area contributed by atoms with Crippen molar-refractivity contribution in [3.8, 4) is 5.75 Å². The molecule has 0 fully saturated rings. The van der Waals surface area contributed by atoms with Crippen LogP contribution in [0.15, 0.2) is 40.9 Å². The lowest BCUT2D eigenvalue weighted by Gasteiger charge is -2.12. The van der Waals surface area contributed by atoms with Gasteiger partial charge < -0.3 is 15.8 Å². The number of hydrogen-bond donors (Lipinski definition) is 2. The smallest absolute Gasteiger partial charge is 0.121 e. The largest absolute Gasteiger partial charge is 0.497 e. The fourth-order valence-corrected chi connectivity index (χ4v) is 2.05. The first kappa shape index (κ1) is 13.1. The van der Waals surface area contributed by atoms with Gasteiger partial charge in [-0.3, -0.25) is 0 Å². The Labute approximate surface area is 119 Å². The van der Waals surface area contributed by atoms with Crippen molar-refractivity contribution >= 4 is 44.6 Å². The standard InChI is InChI=1S/C13H12BrClN2O/c1-18-8-5-6-10(16)12(7-8)17-11-4-2-3-9(15)13(11)14/h2-7,17H,16H2,1H3. The predicted octanol–water partition coefficient (Wildman–Crippen LogP) is 4.44. The van der Waals surface area contributed by atoms with E-state index in [0.717, 1.165) is 21.6 Å². The Balaban J connectivity index is 2.36. The maximum absolute atomic E-state index is 6.04. The zero-order chi connectivity index (χ0) is 13.1. The summed E-state index contributed by atoms with van der Waals surface area (Å²) in [6, 6.07) is 11.0. The minimum atomic E-state index is 0.640. The van der Waals surface area contributed by atoms with Gasteiger partial charge in [0.1, 0.15) is 5.75 Å². The average Bonchev–Trinajstić information content (AvgIpc) is 2.37. The van der Waals surface area contributed by atoms with Crippen molar-refractivity contribution in [2.75, 3.05) is 18.2 Å². The molecule has 0 aliphatic carbocycles. The molecule has 0 atom stereocenters. The number of halogens is 2. The highest BCUT2D eigenvalue weighted by Crippen LogP contribution is 2.34. The molecule has 0 amide bonds. The molecule has 0 saturated carbocycles. The molecular weight excluding hydrogens is 316 g/mol. The maximum atomic E-state index is 6.04. The number of rotatable bonds is 3. The molecule has 0 radical (unpaired) electrons. The summed E-state index contributed by atoms with van der Waals surface area (Å²) in [6.45, 7) is 0. The summed E-state index contributed by atoms with van der Waals surface area (Å²) in [5.74, 6) is 0.741. The summed E-state index contributed by atoms with van der Waals surface area (Å²) in [7, 11) is 1.62. The summed E-state index contributed by atoms with van der Waals surface area (Å²) in [4.78, 5) is 0. The zero-order valence-corrected chi connectivity index (χ0v) is 12.0. The highest BCUT2D eigenvalue weighted by Gasteiger charge is 2.07. The fraction of sp³-hybridized carbons (Fsp3) is 0.0769. The first-order chi connectivity index (χ1) is 8.61. The van der Waals surface area contributed by atoms with Crippen LogP contribution in [-0.2, 0) is 0 Å². The number of nitrogens with one attached hydrogen (secondary N) is 1. The summed E-state index contributed by atoms with van der Waals surface area (Å²) in [5.41, 5.74) is 8.18. The Kier molecular flexibility index (Phi) is 3.99. The molecule has 3 nitrogen and oxygen atoms in total. The van der Waals surface area contributed by atoms with Crippen molar-refractivity contribution in [3.63, 3.8) is 0 Å². The predicted molar refractivity (Wildman–Crippen MR) is 79.8 cm³/mol. The van der Waals surface area contributed by atoms with E-state index in [-0.39, 0.29) is 0 Å². The van der Waals surface area contributed by atoms with Crippen molar-refractivity contribution < 1.29 is 4.74 Å². The second kappa shape index (κ2) is 5.50. The first-order valence-corrected chi connectivity index (χ1v) is 6.43. The quantitative estimate of drug-likeness (QED) is 0.819. The van der Waals surface area contributed by atoms with Gasteiger partial charge in [0.25, 0.3) is 0 Å². The highest BCUT2D eigenvalue weighted by molar-refractivity contribution is 9.10. The molecule has 2 aromatic carbocycles. The van der Waals surface area contributed by atoms with Crippen molar-refractivity contribution in [1.29, 1.82) is 0 Å². The van der Waals surface area contributed by atoms with Gasteiger partial charge in [-0.25, -0.2) is 0 Å². The fourth-order valence-electron chi connectivity index (χ4n) is 1.52. The van der Waals surface area contributed by atoms with Gasteiger partial charge in [0, 0.05) is 6.07 Å². The lowest BCUT2D eigenvalue weighted by molar-refractivity contribution is 0.415. The van der Waals surface area contributed by atoms with Crippen LogP contribution in [0.1, 0.15) is 0 Å². The van der Waals surface area contributed by atoms with E-state index in [2.05, 4.69) is 21.2 Å². The summed E-state index contributed by atoms with van der Waals surface area (Å²) < 4.78 is 5.97. The number of nitrogens with two attached hydrogens (primary N) is 1. The zero-order valence-electron chi connectivity index (χ0n) is 9.71. The number of anilines is 3. The van der Waals surface area contributed by atoms with Crippen LogP contribution in [0.2, 0.25) is 5.02 Å². The van der Waals surface area contributed by atoms with Gasteiger partial charge in [-0.1, -0.05) is 17.7 Å².